The fourth-order valence-electron chi connectivity index (χ4n) is 4.24. The second-order valence-electron chi connectivity index (χ2n) is 8.45. The van der Waals surface area contributed by atoms with Gasteiger partial charge in [-0.3, -0.25) is 0 Å². The molecule has 188 valence electrons. The molecule has 37 heavy (non-hydrogen) atoms. The zero-order chi connectivity index (χ0) is 24.7. The lowest BCUT2D eigenvalue weighted by Crippen LogP contribution is -2.23. The highest BCUT2D eigenvalue weighted by atomic mass is 127. The molecule has 0 saturated heterocycles. The number of aromatic nitrogens is 1. The van der Waals surface area contributed by atoms with Crippen LogP contribution in [0.5, 0.6) is 0 Å². The van der Waals surface area contributed by atoms with Gasteiger partial charge in [-0.2, -0.15) is 0 Å². The van der Waals surface area contributed by atoms with Gasteiger partial charge < -0.3 is 4.42 Å². The third-order valence-electron chi connectivity index (χ3n) is 5.97. The molecule has 5 aromatic rings. The predicted molar refractivity (Wildman–Crippen MR) is 172 cm³/mol. The molecule has 0 amide bonds. The van der Waals surface area contributed by atoms with Crippen molar-refractivity contribution in [3.05, 3.63) is 115 Å². The second kappa shape index (κ2) is 13.6. The van der Waals surface area contributed by atoms with E-state index in [0.29, 0.717) is 0 Å². The van der Waals surface area contributed by atoms with Gasteiger partial charge in [0.2, 0.25) is 0 Å². The van der Waals surface area contributed by atoms with Crippen molar-refractivity contribution >= 4 is 71.2 Å². The summed E-state index contributed by atoms with van der Waals surface area (Å²) in [6, 6.07) is 34.5. The fourth-order valence-corrected chi connectivity index (χ4v) is 8.06. The molecule has 0 N–H and O–H groups in total. The topological polar surface area (TPSA) is 26.0 Å². The molecule has 0 bridgehead atoms. The first kappa shape index (κ1) is 27.9. The highest BCUT2D eigenvalue weighted by molar-refractivity contribution is 14.0. The molecule has 0 atom stereocenters. The molecule has 0 aliphatic rings. The van der Waals surface area contributed by atoms with Gasteiger partial charge in [0.1, 0.15) is 12.0 Å². The summed E-state index contributed by atoms with van der Waals surface area (Å²) < 4.78 is 5.45. The number of nitrogens with zero attached hydrogens (tertiary/aromatic N) is 1. The van der Waals surface area contributed by atoms with Crippen LogP contribution in [-0.2, 0) is 0 Å². The van der Waals surface area contributed by atoms with E-state index in [2.05, 4.69) is 96.8 Å². The van der Waals surface area contributed by atoms with E-state index in [1.807, 2.05) is 23.9 Å². The molecular formula is C31H28ClINOPS. The summed E-state index contributed by atoms with van der Waals surface area (Å²) >= 11 is 8.22. The lowest BCUT2D eigenvalue weighted by molar-refractivity contribution is 0.558. The average molecular weight is 656 g/mol. The molecule has 2 nitrogen and oxygen atoms in total. The minimum Gasteiger partial charge on any atom is -0.451 e. The first-order valence-electron chi connectivity index (χ1n) is 12.1. The van der Waals surface area contributed by atoms with Crippen molar-refractivity contribution in [3.8, 4) is 22.4 Å². The van der Waals surface area contributed by atoms with Crippen LogP contribution in [0.2, 0.25) is 5.02 Å². The maximum Gasteiger partial charge on any atom is 0.181 e. The summed E-state index contributed by atoms with van der Waals surface area (Å²) in [5.74, 6) is 1.09. The van der Waals surface area contributed by atoms with Gasteiger partial charge in [0.25, 0.3) is 0 Å². The van der Waals surface area contributed by atoms with Crippen LogP contribution < -0.4 is 15.9 Å². The van der Waals surface area contributed by atoms with Crippen molar-refractivity contribution in [2.45, 2.75) is 24.7 Å². The quantitative estimate of drug-likeness (QED) is 0.0687. The maximum absolute atomic E-state index is 6.30. The minimum absolute atomic E-state index is 0. The molecule has 0 spiro atoms. The number of hydrogen-bond acceptors (Lipinski definition) is 3. The Kier molecular flexibility index (Phi) is 10.3. The fraction of sp³-hybridized carbons (Fsp3) is 0.129. The third-order valence-corrected chi connectivity index (χ3v) is 9.75. The normalized spacial score (nSPS) is 10.9. The minimum atomic E-state index is -0.830. The Balaban J connectivity index is 0.00000320. The smallest absolute Gasteiger partial charge is 0.181 e. The molecule has 5 rings (SSSR count). The number of thioether (sulfide) groups is 1. The average Bonchev–Trinajstić information content (AvgIpc) is 3.46. The Morgan fingerprint density at radius 2 is 1.51 bits per heavy atom. The SMILES string of the molecule is CCCCSc1cc(-c2cocn2)c(-c2ccc(Cl)cc2)c(P(c2ccccc2)c2ccccc2)c1.I. The molecule has 0 aliphatic heterocycles. The standard InChI is InChI=1S/C31H27ClNOPS.HI/c1-2-3-18-36-27-19-28(29-21-34-22-33-29)31(23-14-16-24(32)17-15-23)30(20-27)35(25-10-6-4-7-11-25)26-12-8-5-9-13-26;/h4-17,19-22H,2-3,18H2,1H3;1H. The number of hydrogen-bond donors (Lipinski definition) is 0. The van der Waals surface area contributed by atoms with Crippen LogP contribution in [0.1, 0.15) is 19.8 Å². The van der Waals surface area contributed by atoms with Crippen molar-refractivity contribution in [2.24, 2.45) is 0 Å². The summed E-state index contributed by atoms with van der Waals surface area (Å²) in [5.41, 5.74) is 4.23. The van der Waals surface area contributed by atoms with Gasteiger partial charge in [0.15, 0.2) is 6.39 Å². The van der Waals surface area contributed by atoms with Crippen LogP contribution >= 0.6 is 55.3 Å². The van der Waals surface area contributed by atoms with Crippen LogP contribution in [-0.4, -0.2) is 10.7 Å². The van der Waals surface area contributed by atoms with Gasteiger partial charge in [0, 0.05) is 15.5 Å². The second-order valence-corrected chi connectivity index (χ2v) is 12.2. The molecule has 0 fully saturated rings. The van der Waals surface area contributed by atoms with E-state index in [1.165, 1.54) is 45.6 Å². The Hall–Kier alpha value is -2.11. The van der Waals surface area contributed by atoms with Gasteiger partial charge in [-0.05, 0) is 71.4 Å². The van der Waals surface area contributed by atoms with Crippen LogP contribution in [0.15, 0.2) is 119 Å². The van der Waals surface area contributed by atoms with E-state index in [4.69, 9.17) is 16.0 Å². The van der Waals surface area contributed by atoms with E-state index in [0.717, 1.165) is 27.6 Å². The number of rotatable bonds is 9. The highest BCUT2D eigenvalue weighted by Crippen LogP contribution is 2.43. The summed E-state index contributed by atoms with van der Waals surface area (Å²) in [4.78, 5) is 5.84. The summed E-state index contributed by atoms with van der Waals surface area (Å²) in [7, 11) is -0.830. The van der Waals surface area contributed by atoms with Crippen LogP contribution in [0.25, 0.3) is 22.4 Å². The van der Waals surface area contributed by atoms with Crippen molar-refractivity contribution < 1.29 is 4.42 Å². The molecule has 0 aliphatic carbocycles. The first-order chi connectivity index (χ1) is 17.7. The van der Waals surface area contributed by atoms with Crippen molar-refractivity contribution in [1.29, 1.82) is 0 Å². The van der Waals surface area contributed by atoms with Crippen LogP contribution in [0, 0.1) is 0 Å². The Labute approximate surface area is 246 Å². The first-order valence-corrected chi connectivity index (χ1v) is 14.8. The van der Waals surface area contributed by atoms with E-state index in [9.17, 15) is 0 Å². The third kappa shape index (κ3) is 6.67. The predicted octanol–water partition coefficient (Wildman–Crippen LogP) is 8.93. The Morgan fingerprint density at radius 3 is 2.08 bits per heavy atom. The Morgan fingerprint density at radius 1 is 0.865 bits per heavy atom. The number of unbranched alkanes of at least 4 members (excludes halogenated alkanes) is 1. The summed E-state index contributed by atoms with van der Waals surface area (Å²) in [6.07, 6.45) is 5.62. The number of halogens is 2. The zero-order valence-electron chi connectivity index (χ0n) is 20.5. The van der Waals surface area contributed by atoms with Crippen molar-refractivity contribution in [3.63, 3.8) is 0 Å². The molecule has 1 heterocycles. The van der Waals surface area contributed by atoms with E-state index < -0.39 is 7.92 Å². The van der Waals surface area contributed by atoms with Crippen molar-refractivity contribution in [2.75, 3.05) is 5.75 Å². The molecule has 0 unspecified atom stereocenters. The van der Waals surface area contributed by atoms with E-state index in [1.54, 1.807) is 6.26 Å². The zero-order valence-corrected chi connectivity index (χ0v) is 25.3. The number of benzene rings is 4. The van der Waals surface area contributed by atoms with Crippen molar-refractivity contribution in [1.82, 2.24) is 4.98 Å². The lowest BCUT2D eigenvalue weighted by atomic mass is 9.98. The molecule has 6 heteroatoms. The lowest BCUT2D eigenvalue weighted by Gasteiger charge is -2.25. The monoisotopic (exact) mass is 655 g/mol. The van der Waals surface area contributed by atoms with Crippen LogP contribution in [0.3, 0.4) is 0 Å². The highest BCUT2D eigenvalue weighted by Gasteiger charge is 2.25. The van der Waals surface area contributed by atoms with Gasteiger partial charge in [-0.15, -0.1) is 35.7 Å². The molecule has 4 aromatic carbocycles. The van der Waals surface area contributed by atoms with Crippen LogP contribution in [0.4, 0.5) is 0 Å². The molecule has 0 saturated carbocycles. The van der Waals surface area contributed by atoms with Gasteiger partial charge >= 0.3 is 0 Å². The molecule has 0 radical (unpaired) electrons. The van der Waals surface area contributed by atoms with Gasteiger partial charge in [0.05, 0.1) is 0 Å². The number of oxazole rings is 1. The van der Waals surface area contributed by atoms with E-state index >= 15 is 0 Å². The molecule has 1 aromatic heterocycles. The Bertz CT molecular complexity index is 1360. The van der Waals surface area contributed by atoms with Gasteiger partial charge in [-0.1, -0.05) is 97.7 Å². The maximum atomic E-state index is 6.30. The van der Waals surface area contributed by atoms with E-state index in [-0.39, 0.29) is 24.0 Å². The largest absolute Gasteiger partial charge is 0.451 e. The summed E-state index contributed by atoms with van der Waals surface area (Å²) in [5, 5.41) is 4.67. The van der Waals surface area contributed by atoms with Gasteiger partial charge in [-0.25, -0.2) is 4.98 Å². The molecular weight excluding hydrogens is 628 g/mol. The summed E-state index contributed by atoms with van der Waals surface area (Å²) in [6.45, 7) is 2.24.